The number of aryl methyl sites for hydroxylation is 2. The summed E-state index contributed by atoms with van der Waals surface area (Å²) in [7, 11) is 0. The third kappa shape index (κ3) is 2.91. The maximum Gasteiger partial charge on any atom is 0.100 e. The molecule has 2 N–H and O–H groups in total. The maximum atomic E-state index is 10.4. The zero-order valence-electron chi connectivity index (χ0n) is 14.0. The number of fused-ring (bicyclic) bond motifs is 1. The van der Waals surface area contributed by atoms with E-state index >= 15 is 0 Å². The fourth-order valence-electron chi connectivity index (χ4n) is 3.47. The van der Waals surface area contributed by atoms with Crippen molar-refractivity contribution in [1.29, 1.82) is 0 Å². The Morgan fingerprint density at radius 3 is 2.39 bits per heavy atom. The van der Waals surface area contributed by atoms with E-state index in [1.54, 1.807) is 0 Å². The molecule has 0 heterocycles. The normalized spacial score (nSPS) is 17.7. The Kier molecular flexibility index (Phi) is 4.27. The molecule has 1 aliphatic rings. The zero-order valence-corrected chi connectivity index (χ0v) is 14.0. The molecule has 0 amide bonds. The Balaban J connectivity index is 2.13. The standard InChI is InChI=1S/C21H24O2/c1-13-4-7-16(8-5-13)20-15(3)6-9-17-11-19(23)18(21(17)20)10-14(2)12-22/h4-9,11,14,18,22-23H,10,12H2,1-3H3/t14-,18?/m1/s1. The molecule has 1 aliphatic carbocycles. The highest BCUT2D eigenvalue weighted by Crippen LogP contribution is 2.45. The minimum absolute atomic E-state index is 0.0247. The molecule has 0 radical (unpaired) electrons. The van der Waals surface area contributed by atoms with Crippen LogP contribution in [0.1, 0.15) is 41.5 Å². The summed E-state index contributed by atoms with van der Waals surface area (Å²) in [5.41, 5.74) is 7.17. The number of aliphatic hydroxyl groups is 2. The van der Waals surface area contributed by atoms with E-state index in [1.807, 2.05) is 13.0 Å². The van der Waals surface area contributed by atoms with Crippen molar-refractivity contribution in [2.24, 2.45) is 5.92 Å². The lowest BCUT2D eigenvalue weighted by Crippen LogP contribution is -2.10. The summed E-state index contributed by atoms with van der Waals surface area (Å²) in [5.74, 6) is 0.551. The van der Waals surface area contributed by atoms with Gasteiger partial charge in [-0.15, -0.1) is 0 Å². The predicted molar refractivity (Wildman–Crippen MR) is 95.6 cm³/mol. The Bertz CT molecular complexity index is 741. The van der Waals surface area contributed by atoms with Gasteiger partial charge in [0.1, 0.15) is 5.76 Å². The Morgan fingerprint density at radius 1 is 1.04 bits per heavy atom. The van der Waals surface area contributed by atoms with Gasteiger partial charge in [0.05, 0.1) is 0 Å². The lowest BCUT2D eigenvalue weighted by molar-refractivity contribution is 0.219. The van der Waals surface area contributed by atoms with Crippen molar-refractivity contribution in [1.82, 2.24) is 0 Å². The largest absolute Gasteiger partial charge is 0.512 e. The molecule has 0 aliphatic heterocycles. The number of hydrogen-bond donors (Lipinski definition) is 2. The minimum Gasteiger partial charge on any atom is -0.512 e. The lowest BCUT2D eigenvalue weighted by atomic mass is 9.83. The fraction of sp³-hybridized carbons (Fsp3) is 0.333. The fourth-order valence-corrected chi connectivity index (χ4v) is 3.47. The molecule has 0 saturated heterocycles. The molecule has 2 aromatic carbocycles. The first-order valence-corrected chi connectivity index (χ1v) is 8.23. The molecule has 0 aromatic heterocycles. The van der Waals surface area contributed by atoms with Crippen LogP contribution in [0.2, 0.25) is 0 Å². The first-order chi connectivity index (χ1) is 11.0. The summed E-state index contributed by atoms with van der Waals surface area (Å²) in [6.45, 7) is 6.37. The van der Waals surface area contributed by atoms with Crippen molar-refractivity contribution in [3.8, 4) is 11.1 Å². The molecule has 23 heavy (non-hydrogen) atoms. The Morgan fingerprint density at radius 2 is 1.74 bits per heavy atom. The smallest absolute Gasteiger partial charge is 0.100 e. The van der Waals surface area contributed by atoms with Gasteiger partial charge in [-0.3, -0.25) is 0 Å². The molecule has 0 saturated carbocycles. The van der Waals surface area contributed by atoms with Crippen molar-refractivity contribution in [2.75, 3.05) is 6.61 Å². The van der Waals surface area contributed by atoms with Gasteiger partial charge in [0.2, 0.25) is 0 Å². The van der Waals surface area contributed by atoms with Gasteiger partial charge >= 0.3 is 0 Å². The maximum absolute atomic E-state index is 10.4. The second kappa shape index (κ2) is 6.21. The monoisotopic (exact) mass is 308 g/mol. The Labute approximate surface area is 138 Å². The van der Waals surface area contributed by atoms with E-state index in [0.717, 1.165) is 12.0 Å². The summed E-state index contributed by atoms with van der Waals surface area (Å²) in [6.07, 6.45) is 2.63. The number of allylic oxidation sites excluding steroid dienone is 1. The number of hydrogen-bond acceptors (Lipinski definition) is 2. The van der Waals surface area contributed by atoms with Crippen LogP contribution < -0.4 is 0 Å². The van der Waals surface area contributed by atoms with Gasteiger partial charge in [-0.1, -0.05) is 48.9 Å². The van der Waals surface area contributed by atoms with Crippen LogP contribution in [0.3, 0.4) is 0 Å². The zero-order chi connectivity index (χ0) is 16.6. The van der Waals surface area contributed by atoms with Crippen LogP contribution in [0.4, 0.5) is 0 Å². The van der Waals surface area contributed by atoms with Gasteiger partial charge in [-0.05, 0) is 60.1 Å². The van der Waals surface area contributed by atoms with Gasteiger partial charge in [-0.25, -0.2) is 0 Å². The second-order valence-corrected chi connectivity index (χ2v) is 6.77. The quantitative estimate of drug-likeness (QED) is 0.836. The highest BCUT2D eigenvalue weighted by atomic mass is 16.3. The van der Waals surface area contributed by atoms with Crippen LogP contribution in [0.25, 0.3) is 17.2 Å². The van der Waals surface area contributed by atoms with Crippen LogP contribution in [0.15, 0.2) is 42.2 Å². The number of aliphatic hydroxyl groups excluding tert-OH is 2. The topological polar surface area (TPSA) is 40.5 Å². The van der Waals surface area contributed by atoms with Crippen molar-refractivity contribution in [3.63, 3.8) is 0 Å². The summed E-state index contributed by atoms with van der Waals surface area (Å²) in [4.78, 5) is 0. The molecule has 3 rings (SSSR count). The number of rotatable bonds is 4. The van der Waals surface area contributed by atoms with Gasteiger partial charge in [0, 0.05) is 12.5 Å². The molecule has 0 spiro atoms. The SMILES string of the molecule is Cc1ccc(-c2c(C)ccc3c2C(C[C@@H](C)CO)C(O)=C3)cc1. The minimum atomic E-state index is -0.0247. The lowest BCUT2D eigenvalue weighted by Gasteiger charge is -2.21. The average molecular weight is 308 g/mol. The van der Waals surface area contributed by atoms with Crippen LogP contribution in [-0.2, 0) is 0 Å². The van der Waals surface area contributed by atoms with Gasteiger partial charge < -0.3 is 10.2 Å². The van der Waals surface area contributed by atoms with Crippen molar-refractivity contribution in [3.05, 3.63) is 64.4 Å². The first-order valence-electron chi connectivity index (χ1n) is 8.23. The number of benzene rings is 2. The molecule has 2 heteroatoms. The van der Waals surface area contributed by atoms with E-state index in [4.69, 9.17) is 0 Å². The molecule has 2 nitrogen and oxygen atoms in total. The molecule has 2 atom stereocenters. The highest BCUT2D eigenvalue weighted by Gasteiger charge is 2.30. The third-order valence-electron chi connectivity index (χ3n) is 4.79. The van der Waals surface area contributed by atoms with E-state index < -0.39 is 0 Å². The van der Waals surface area contributed by atoms with Crippen LogP contribution in [0.5, 0.6) is 0 Å². The van der Waals surface area contributed by atoms with Gasteiger partial charge in [-0.2, -0.15) is 0 Å². The molecular formula is C21H24O2. The second-order valence-electron chi connectivity index (χ2n) is 6.77. The third-order valence-corrected chi connectivity index (χ3v) is 4.79. The molecule has 120 valence electrons. The van der Waals surface area contributed by atoms with E-state index in [2.05, 4.69) is 50.2 Å². The van der Waals surface area contributed by atoms with E-state index in [-0.39, 0.29) is 18.4 Å². The Hall–Kier alpha value is -2.06. The average Bonchev–Trinajstić information content (AvgIpc) is 2.84. The van der Waals surface area contributed by atoms with Crippen LogP contribution in [0, 0.1) is 19.8 Å². The van der Waals surface area contributed by atoms with E-state index in [0.29, 0.717) is 5.76 Å². The van der Waals surface area contributed by atoms with Gasteiger partial charge in [0.15, 0.2) is 0 Å². The van der Waals surface area contributed by atoms with Crippen molar-refractivity contribution in [2.45, 2.75) is 33.1 Å². The molecule has 2 aromatic rings. The predicted octanol–water partition coefficient (Wildman–Crippen LogP) is 4.99. The van der Waals surface area contributed by atoms with Crippen LogP contribution >= 0.6 is 0 Å². The van der Waals surface area contributed by atoms with Gasteiger partial charge in [0.25, 0.3) is 0 Å². The molecule has 0 bridgehead atoms. The highest BCUT2D eigenvalue weighted by molar-refractivity contribution is 5.80. The van der Waals surface area contributed by atoms with E-state index in [1.165, 1.54) is 27.8 Å². The van der Waals surface area contributed by atoms with Crippen molar-refractivity contribution < 1.29 is 10.2 Å². The van der Waals surface area contributed by atoms with Crippen LogP contribution in [-0.4, -0.2) is 16.8 Å². The summed E-state index contributed by atoms with van der Waals surface area (Å²) >= 11 is 0. The summed E-state index contributed by atoms with van der Waals surface area (Å²) in [6, 6.07) is 12.8. The summed E-state index contributed by atoms with van der Waals surface area (Å²) in [5, 5.41) is 19.8. The first kappa shape index (κ1) is 15.8. The summed E-state index contributed by atoms with van der Waals surface area (Å²) < 4.78 is 0. The van der Waals surface area contributed by atoms with E-state index in [9.17, 15) is 10.2 Å². The molecule has 0 fully saturated rings. The molecule has 1 unspecified atom stereocenters. The van der Waals surface area contributed by atoms with Crippen molar-refractivity contribution >= 4 is 6.08 Å². The molecular weight excluding hydrogens is 284 g/mol.